The summed E-state index contributed by atoms with van der Waals surface area (Å²) in [6.45, 7) is 4.12. The standard InChI is InChI=1S/C10H13N3S/c1-10(2)9(14)12-8(13-10)7-5-3-4-6-11-7/h3-6,8,13H,1-2H3,(H,12,14). The molecule has 1 aliphatic rings. The van der Waals surface area contributed by atoms with Gasteiger partial charge in [0.25, 0.3) is 0 Å². The van der Waals surface area contributed by atoms with Crippen molar-refractivity contribution in [2.75, 3.05) is 0 Å². The molecule has 1 saturated heterocycles. The molecule has 2 N–H and O–H groups in total. The van der Waals surface area contributed by atoms with Gasteiger partial charge in [-0.05, 0) is 26.0 Å². The van der Waals surface area contributed by atoms with E-state index in [1.807, 2.05) is 18.2 Å². The molecule has 1 aromatic rings. The number of rotatable bonds is 1. The lowest BCUT2D eigenvalue weighted by Gasteiger charge is -2.17. The molecule has 1 unspecified atom stereocenters. The lowest BCUT2D eigenvalue weighted by molar-refractivity contribution is 0.467. The lowest BCUT2D eigenvalue weighted by Crippen LogP contribution is -2.38. The monoisotopic (exact) mass is 207 g/mol. The second-order valence-corrected chi connectivity index (χ2v) is 4.34. The van der Waals surface area contributed by atoms with Crippen LogP contribution < -0.4 is 10.6 Å². The molecule has 2 rings (SSSR count). The first-order chi connectivity index (χ1) is 6.59. The molecular weight excluding hydrogens is 194 g/mol. The summed E-state index contributed by atoms with van der Waals surface area (Å²) in [6, 6.07) is 5.86. The summed E-state index contributed by atoms with van der Waals surface area (Å²) in [5.74, 6) is 0. The Labute approximate surface area is 88.9 Å². The van der Waals surface area contributed by atoms with Crippen LogP contribution >= 0.6 is 12.2 Å². The molecule has 3 nitrogen and oxygen atoms in total. The Bertz CT molecular complexity index is 348. The topological polar surface area (TPSA) is 37.0 Å². The summed E-state index contributed by atoms with van der Waals surface area (Å²) in [4.78, 5) is 5.12. The van der Waals surface area contributed by atoms with Gasteiger partial charge in [0.15, 0.2) is 0 Å². The zero-order valence-corrected chi connectivity index (χ0v) is 9.06. The molecule has 14 heavy (non-hydrogen) atoms. The first-order valence-electron chi connectivity index (χ1n) is 4.59. The predicted octanol–water partition coefficient (Wildman–Crippen LogP) is 1.38. The first-order valence-corrected chi connectivity index (χ1v) is 5.00. The molecular formula is C10H13N3S. The molecule has 1 fully saturated rings. The molecule has 2 heterocycles. The number of hydrogen-bond acceptors (Lipinski definition) is 3. The van der Waals surface area contributed by atoms with Gasteiger partial charge in [-0.25, -0.2) is 0 Å². The maximum Gasteiger partial charge on any atom is 0.122 e. The van der Waals surface area contributed by atoms with Crippen LogP contribution in [0.4, 0.5) is 0 Å². The molecule has 0 aromatic carbocycles. The molecule has 1 atom stereocenters. The van der Waals surface area contributed by atoms with Crippen molar-refractivity contribution in [1.82, 2.24) is 15.6 Å². The van der Waals surface area contributed by atoms with Crippen LogP contribution in [0.1, 0.15) is 25.7 Å². The molecule has 1 aromatic heterocycles. The van der Waals surface area contributed by atoms with E-state index in [1.54, 1.807) is 6.20 Å². The van der Waals surface area contributed by atoms with E-state index < -0.39 is 0 Å². The highest BCUT2D eigenvalue weighted by Gasteiger charge is 2.35. The average Bonchev–Trinajstić information content (AvgIpc) is 2.43. The van der Waals surface area contributed by atoms with Crippen molar-refractivity contribution in [3.05, 3.63) is 30.1 Å². The number of hydrogen-bond donors (Lipinski definition) is 2. The van der Waals surface area contributed by atoms with E-state index in [9.17, 15) is 0 Å². The third-order valence-electron chi connectivity index (χ3n) is 2.33. The smallest absolute Gasteiger partial charge is 0.122 e. The van der Waals surface area contributed by atoms with Crippen molar-refractivity contribution in [3.63, 3.8) is 0 Å². The van der Waals surface area contributed by atoms with Gasteiger partial charge in [0.2, 0.25) is 0 Å². The number of pyridine rings is 1. The minimum Gasteiger partial charge on any atom is -0.358 e. The zero-order chi connectivity index (χ0) is 10.2. The first kappa shape index (κ1) is 9.55. The Morgan fingerprint density at radius 1 is 1.43 bits per heavy atom. The Hall–Kier alpha value is -1.00. The molecule has 74 valence electrons. The molecule has 0 bridgehead atoms. The minimum atomic E-state index is -0.141. The predicted molar refractivity (Wildman–Crippen MR) is 59.9 cm³/mol. The van der Waals surface area contributed by atoms with Gasteiger partial charge in [-0.1, -0.05) is 18.3 Å². The third-order valence-corrected chi connectivity index (χ3v) is 2.96. The fourth-order valence-corrected chi connectivity index (χ4v) is 1.65. The van der Waals surface area contributed by atoms with E-state index in [2.05, 4.69) is 29.5 Å². The Morgan fingerprint density at radius 3 is 2.71 bits per heavy atom. The minimum absolute atomic E-state index is 0.0405. The van der Waals surface area contributed by atoms with Gasteiger partial charge in [-0.2, -0.15) is 0 Å². The Balaban J connectivity index is 2.21. The molecule has 0 spiro atoms. The molecule has 4 heteroatoms. The van der Waals surface area contributed by atoms with Crippen LogP contribution in [0.25, 0.3) is 0 Å². The Kier molecular flexibility index (Phi) is 2.25. The highest BCUT2D eigenvalue weighted by atomic mass is 32.1. The van der Waals surface area contributed by atoms with Gasteiger partial charge in [-0.3, -0.25) is 10.3 Å². The summed E-state index contributed by atoms with van der Waals surface area (Å²) < 4.78 is 0. The summed E-state index contributed by atoms with van der Waals surface area (Å²) in [5, 5.41) is 6.60. The highest BCUT2D eigenvalue weighted by molar-refractivity contribution is 7.80. The van der Waals surface area contributed by atoms with E-state index in [0.717, 1.165) is 10.7 Å². The van der Waals surface area contributed by atoms with E-state index in [-0.39, 0.29) is 11.7 Å². The van der Waals surface area contributed by atoms with Crippen molar-refractivity contribution in [1.29, 1.82) is 0 Å². The van der Waals surface area contributed by atoms with Crippen molar-refractivity contribution < 1.29 is 0 Å². The molecule has 0 radical (unpaired) electrons. The SMILES string of the molecule is CC1(C)NC(c2ccccn2)NC1=S. The van der Waals surface area contributed by atoms with Crippen LogP contribution in [0.5, 0.6) is 0 Å². The number of nitrogens with one attached hydrogen (secondary N) is 2. The Morgan fingerprint density at radius 2 is 2.21 bits per heavy atom. The van der Waals surface area contributed by atoms with Crippen LogP contribution in [-0.4, -0.2) is 15.5 Å². The largest absolute Gasteiger partial charge is 0.358 e. The van der Waals surface area contributed by atoms with Crippen LogP contribution in [0, 0.1) is 0 Å². The fraction of sp³-hybridized carbons (Fsp3) is 0.400. The van der Waals surface area contributed by atoms with E-state index >= 15 is 0 Å². The summed E-state index contributed by atoms with van der Waals surface area (Å²) in [6.07, 6.45) is 1.83. The average molecular weight is 207 g/mol. The van der Waals surface area contributed by atoms with Crippen molar-refractivity contribution in [2.45, 2.75) is 25.6 Å². The molecule has 0 saturated carbocycles. The van der Waals surface area contributed by atoms with Gasteiger partial charge < -0.3 is 5.32 Å². The van der Waals surface area contributed by atoms with Crippen molar-refractivity contribution >= 4 is 17.2 Å². The number of aromatic nitrogens is 1. The van der Waals surface area contributed by atoms with E-state index in [4.69, 9.17) is 12.2 Å². The van der Waals surface area contributed by atoms with Crippen LogP contribution in [0.3, 0.4) is 0 Å². The van der Waals surface area contributed by atoms with Gasteiger partial charge in [0.1, 0.15) is 6.17 Å². The van der Waals surface area contributed by atoms with E-state index in [0.29, 0.717) is 0 Å². The lowest BCUT2D eigenvalue weighted by atomic mass is 10.1. The van der Waals surface area contributed by atoms with Crippen molar-refractivity contribution in [3.8, 4) is 0 Å². The van der Waals surface area contributed by atoms with Crippen LogP contribution in [0.2, 0.25) is 0 Å². The summed E-state index contributed by atoms with van der Waals surface area (Å²) >= 11 is 5.23. The van der Waals surface area contributed by atoms with Gasteiger partial charge >= 0.3 is 0 Å². The third kappa shape index (κ3) is 1.63. The van der Waals surface area contributed by atoms with Gasteiger partial charge in [0, 0.05) is 6.20 Å². The van der Waals surface area contributed by atoms with Crippen LogP contribution in [0.15, 0.2) is 24.4 Å². The maximum atomic E-state index is 5.23. The maximum absolute atomic E-state index is 5.23. The summed E-state index contributed by atoms with van der Waals surface area (Å²) in [7, 11) is 0. The molecule has 1 aliphatic heterocycles. The highest BCUT2D eigenvalue weighted by Crippen LogP contribution is 2.20. The second-order valence-electron chi connectivity index (χ2n) is 3.93. The zero-order valence-electron chi connectivity index (χ0n) is 8.24. The van der Waals surface area contributed by atoms with Gasteiger partial charge in [0.05, 0.1) is 16.2 Å². The second kappa shape index (κ2) is 3.29. The van der Waals surface area contributed by atoms with Crippen LogP contribution in [-0.2, 0) is 0 Å². The number of thiocarbonyl (C=S) groups is 1. The fourth-order valence-electron chi connectivity index (χ4n) is 1.47. The normalized spacial score (nSPS) is 24.7. The number of nitrogens with zero attached hydrogens (tertiary/aromatic N) is 1. The molecule has 0 aliphatic carbocycles. The van der Waals surface area contributed by atoms with Crippen molar-refractivity contribution in [2.24, 2.45) is 0 Å². The molecule has 0 amide bonds. The van der Waals surface area contributed by atoms with Gasteiger partial charge in [-0.15, -0.1) is 0 Å². The quantitative estimate of drug-likeness (QED) is 0.682. The van der Waals surface area contributed by atoms with E-state index in [1.165, 1.54) is 0 Å². The summed E-state index contributed by atoms with van der Waals surface area (Å²) in [5.41, 5.74) is 0.831.